The summed E-state index contributed by atoms with van der Waals surface area (Å²) in [5.41, 5.74) is 21.3. The van der Waals surface area contributed by atoms with Gasteiger partial charge in [-0.25, -0.2) is 4.70 Å². The molecule has 0 unspecified atom stereocenters. The molecule has 2 aromatic carbocycles. The first-order valence-electron chi connectivity index (χ1n) is 47.4. The summed E-state index contributed by atoms with van der Waals surface area (Å²) in [6.45, 7) is 21.5. The van der Waals surface area contributed by atoms with E-state index in [-0.39, 0.29) is 20.4 Å². The average Bonchev–Trinajstić information content (AvgIpc) is 1.61. The van der Waals surface area contributed by atoms with Gasteiger partial charge in [0.1, 0.15) is 0 Å². The third-order valence-corrected chi connectivity index (χ3v) is 22.6. The number of hydrogen-bond donors (Lipinski definition) is 0. The van der Waals surface area contributed by atoms with Gasteiger partial charge in [0, 0.05) is 16.7 Å². The second-order valence-electron chi connectivity index (χ2n) is 32.7. The van der Waals surface area contributed by atoms with Crippen molar-refractivity contribution >= 4 is 11.4 Å². The molecule has 0 amide bonds. The molecule has 3 rings (SSSR count). The molecule has 0 atom stereocenters. The maximum atomic E-state index is 11.9. The molecule has 1 heterocycles. The number of rotatable bonds is 76. The average molecular weight is 1530 g/mol. The van der Waals surface area contributed by atoms with E-state index in [0.29, 0.717) is 0 Å². The van der Waals surface area contributed by atoms with Crippen LogP contribution in [-0.4, -0.2) is 4.70 Å². The van der Waals surface area contributed by atoms with Crippen molar-refractivity contribution in [2.45, 2.75) is 523 Å². The van der Waals surface area contributed by atoms with Crippen molar-refractivity contribution in [2.24, 2.45) is 0 Å². The Morgan fingerprint density at radius 3 is 0.721 bits per heavy atom. The maximum absolute atomic E-state index is 11.9. The molecule has 0 N–H and O–H groups in total. The molecule has 0 aliphatic carbocycles. The Kier molecular flexibility index (Phi) is 81.7. The van der Waals surface area contributed by atoms with Gasteiger partial charge in [-0.2, -0.15) is 12.8 Å². The third-order valence-electron chi connectivity index (χ3n) is 22.6. The van der Waals surface area contributed by atoms with Crippen LogP contribution in [0.3, 0.4) is 0 Å². The number of unbranched alkanes of at least 4 members (excludes halogenated alkanes) is 66. The van der Waals surface area contributed by atoms with Gasteiger partial charge in [0.25, 0.3) is 0 Å². The summed E-state index contributed by atoms with van der Waals surface area (Å²) in [4.78, 5) is 0. The largest absolute Gasteiger partial charge is 2.00 e. The summed E-state index contributed by atoms with van der Waals surface area (Å²) >= 11 is 0. The quantitative estimate of drug-likeness (QED) is 0.0273. The van der Waals surface area contributed by atoms with Crippen LogP contribution >= 0.6 is 0 Å². The fourth-order valence-corrected chi connectivity index (χ4v) is 15.5. The molecule has 0 saturated heterocycles. The first-order valence-corrected chi connectivity index (χ1v) is 47.4. The van der Waals surface area contributed by atoms with E-state index in [0.717, 1.165) is 73.9 Å². The number of benzene rings is 2. The Morgan fingerprint density at radius 2 is 0.462 bits per heavy atom. The normalized spacial score (nSPS) is 12.2. The SMILES string of the molecule is CCCCCCCCCCCCCCC=CC1=C(c2ccc(CCCC)cc2)[N+](=[N-])C(c2ccc(CCCCC)cc2)=C1CCCC.[CH2-]CCCCCCCCCCCCCCCCCCCCCCCCCCC.[CH2-]CCCCCCCCCCCCCCCCCCCCCCCCCCC.[Pd+2]. The minimum atomic E-state index is 0. The Balaban J connectivity index is 0.00000162. The van der Waals surface area contributed by atoms with Crippen molar-refractivity contribution in [3.8, 4) is 0 Å². The number of nitrogens with zero attached hydrogens (tertiary/aromatic N) is 2. The predicted molar refractivity (Wildman–Crippen MR) is 469 cm³/mol. The molecule has 0 saturated carbocycles. The molecular weight excluding hydrogens is 1350 g/mol. The Labute approximate surface area is 668 Å². The molecular formula is C101H182N2Pd. The molecule has 2 aromatic rings. The van der Waals surface area contributed by atoms with Crippen molar-refractivity contribution in [1.82, 2.24) is 0 Å². The van der Waals surface area contributed by atoms with E-state index in [2.05, 4.69) is 116 Å². The maximum Gasteiger partial charge on any atom is 2.00 e. The summed E-state index contributed by atoms with van der Waals surface area (Å²) < 4.78 is 1.52. The molecule has 2 nitrogen and oxygen atoms in total. The molecule has 3 heteroatoms. The number of hydrogen-bond acceptors (Lipinski definition) is 0. The molecule has 104 heavy (non-hydrogen) atoms. The van der Waals surface area contributed by atoms with E-state index in [1.54, 1.807) is 0 Å². The smallest absolute Gasteiger partial charge is 0.493 e. The monoisotopic (exact) mass is 1530 g/mol. The van der Waals surface area contributed by atoms with Crippen LogP contribution in [-0.2, 0) is 33.3 Å². The van der Waals surface area contributed by atoms with E-state index in [9.17, 15) is 5.53 Å². The molecule has 0 spiro atoms. The fourth-order valence-electron chi connectivity index (χ4n) is 15.5. The van der Waals surface area contributed by atoms with E-state index >= 15 is 0 Å². The molecule has 606 valence electrons. The zero-order valence-electron chi connectivity index (χ0n) is 71.4. The zero-order valence-corrected chi connectivity index (χ0v) is 73.0. The number of aryl methyl sites for hydroxylation is 2. The standard InChI is InChI=1S/C45H68N2.2C28H57.Pd/c1-5-9-13-14-15-16-17-18-19-20-21-22-23-25-29-43-42(28-12-8-4)44(40-36-32-39(33-37-40)27-24-10-6-2)47(46)45(43)41-34-30-38(31-35-41)26-11-7-3;2*1-3-5-7-9-11-13-15-17-19-21-23-25-27-28-26-24-22-20-18-16-14-12-10-8-6-4-2;/h25,29-37H,5-24,26-28H2,1-4H3;2*1,3-28H2,2H3;/q;2*-1;+2. The van der Waals surface area contributed by atoms with Crippen LogP contribution in [0.5, 0.6) is 0 Å². The first kappa shape index (κ1) is 102. The van der Waals surface area contributed by atoms with E-state index in [1.165, 1.54) is 457 Å². The molecule has 1 aliphatic rings. The van der Waals surface area contributed by atoms with Crippen LogP contribution in [0.4, 0.5) is 0 Å². The van der Waals surface area contributed by atoms with Crippen molar-refractivity contribution in [3.05, 3.63) is 113 Å². The van der Waals surface area contributed by atoms with Crippen LogP contribution in [0.1, 0.15) is 533 Å². The van der Waals surface area contributed by atoms with E-state index < -0.39 is 0 Å². The molecule has 0 radical (unpaired) electrons. The van der Waals surface area contributed by atoms with E-state index in [1.807, 2.05) is 0 Å². The summed E-state index contributed by atoms with van der Waals surface area (Å²) in [5.74, 6) is 0. The van der Waals surface area contributed by atoms with Crippen molar-refractivity contribution < 1.29 is 25.1 Å². The molecule has 0 bridgehead atoms. The van der Waals surface area contributed by atoms with Gasteiger partial charge >= 0.3 is 20.4 Å². The van der Waals surface area contributed by atoms with Gasteiger partial charge in [0.2, 0.25) is 11.4 Å². The first-order chi connectivity index (χ1) is 51.0. The minimum absolute atomic E-state index is 0. The van der Waals surface area contributed by atoms with Gasteiger partial charge < -0.3 is 19.4 Å². The third kappa shape index (κ3) is 62.7. The van der Waals surface area contributed by atoms with Crippen LogP contribution in [0.15, 0.2) is 71.8 Å². The minimum Gasteiger partial charge on any atom is -0.493 e. The second kappa shape index (κ2) is 83.4. The summed E-state index contributed by atoms with van der Waals surface area (Å²) in [6, 6.07) is 18.0. The van der Waals surface area contributed by atoms with Crippen LogP contribution in [0.25, 0.3) is 16.9 Å². The van der Waals surface area contributed by atoms with Crippen LogP contribution < -0.4 is 0 Å². The van der Waals surface area contributed by atoms with Crippen LogP contribution in [0, 0.1) is 13.8 Å². The molecule has 0 aromatic heterocycles. The summed E-state index contributed by atoms with van der Waals surface area (Å²) in [7, 11) is 0. The Morgan fingerprint density at radius 1 is 0.250 bits per heavy atom. The second-order valence-corrected chi connectivity index (χ2v) is 32.7. The molecule has 0 fully saturated rings. The summed E-state index contributed by atoms with van der Waals surface area (Å²) in [6.07, 6.45) is 110. The summed E-state index contributed by atoms with van der Waals surface area (Å²) in [5, 5.41) is 0. The van der Waals surface area contributed by atoms with E-state index in [4.69, 9.17) is 0 Å². The van der Waals surface area contributed by atoms with Gasteiger partial charge in [-0.1, -0.05) is 495 Å². The zero-order chi connectivity index (χ0) is 74.3. The van der Waals surface area contributed by atoms with Gasteiger partial charge in [-0.05, 0) is 86.8 Å². The van der Waals surface area contributed by atoms with Gasteiger partial charge in [-0.3, -0.25) is 0 Å². The molecule has 1 aliphatic heterocycles. The van der Waals surface area contributed by atoms with Gasteiger partial charge in [-0.15, -0.1) is 0 Å². The Bertz CT molecular complexity index is 2020. The van der Waals surface area contributed by atoms with Crippen LogP contribution in [0.2, 0.25) is 0 Å². The fraction of sp³-hybridized carbons (Fsp3) is 0.802. The van der Waals surface area contributed by atoms with Crippen molar-refractivity contribution in [1.29, 1.82) is 0 Å². The topological polar surface area (TPSA) is 25.3 Å². The van der Waals surface area contributed by atoms with Crippen molar-refractivity contribution in [3.63, 3.8) is 0 Å². The van der Waals surface area contributed by atoms with Crippen molar-refractivity contribution in [2.75, 3.05) is 0 Å². The van der Waals surface area contributed by atoms with Gasteiger partial charge in [0.05, 0.1) is 5.57 Å². The number of allylic oxidation sites excluding steroid dienone is 4. The Hall–Kier alpha value is -2.08. The van der Waals surface area contributed by atoms with Gasteiger partial charge in [0.15, 0.2) is 0 Å². The predicted octanol–water partition coefficient (Wildman–Crippen LogP) is 36.7.